The third-order valence-electron chi connectivity index (χ3n) is 0. The molecule has 0 saturated carbocycles. The Labute approximate surface area is 72.1 Å². The van der Waals surface area contributed by atoms with Crippen molar-refractivity contribution in [3.63, 3.8) is 0 Å². The summed E-state index contributed by atoms with van der Waals surface area (Å²) < 4.78 is 24.1. The largest absolute Gasteiger partial charge is 1.00 e. The Hall–Kier alpha value is 0.950. The maximum Gasteiger partial charge on any atom is 1.00 e. The first kappa shape index (κ1) is 36.3. The quantitative estimate of drug-likeness (QED) is 0.276. The molecule has 0 aromatic rings. The standard InChI is InChI=1S/Na.H2O3S.3H2O.H/c;1-4(2)3;;;;/h;(H2,1,2,3);3*1H2;/q+1;;;;;-1/p-1. The van der Waals surface area contributed by atoms with Gasteiger partial charge in [0.15, 0.2) is 0 Å². The molecule has 0 fully saturated rings. The molecule has 8 heteroatoms. The second-order valence-corrected chi connectivity index (χ2v) is 0.651. The molecule has 0 amide bonds. The monoisotopic (exact) mass is 159 g/mol. The molecule has 0 rings (SSSR count). The molecule has 0 aromatic carbocycles. The summed E-state index contributed by atoms with van der Waals surface area (Å²) in [5, 5.41) is 0. The van der Waals surface area contributed by atoms with Crippen LogP contribution in [0.1, 0.15) is 1.43 Å². The molecular weight excluding hydrogens is 151 g/mol. The predicted molar refractivity (Wildman–Crippen MR) is 23.5 cm³/mol. The van der Waals surface area contributed by atoms with Gasteiger partial charge in [0.1, 0.15) is 0 Å². The Kier molecular flexibility index (Phi) is 112. The van der Waals surface area contributed by atoms with Crippen LogP contribution >= 0.6 is 0 Å². The van der Waals surface area contributed by atoms with Crippen molar-refractivity contribution in [1.82, 2.24) is 0 Å². The first-order valence-corrected chi connectivity index (χ1v) is 1.55. The van der Waals surface area contributed by atoms with Crippen LogP contribution in [0.4, 0.5) is 0 Å². The van der Waals surface area contributed by atoms with Crippen LogP contribution in [0.25, 0.3) is 0 Å². The Balaban J connectivity index is -0.00000000450. The maximum atomic E-state index is 8.56. The second-order valence-electron chi connectivity index (χ2n) is 0.217. The summed E-state index contributed by atoms with van der Waals surface area (Å²) in [6.07, 6.45) is 0. The van der Waals surface area contributed by atoms with E-state index in [1.807, 2.05) is 0 Å². The zero-order valence-corrected chi connectivity index (χ0v) is 6.99. The van der Waals surface area contributed by atoms with Crippen molar-refractivity contribution >= 4 is 11.4 Å². The molecule has 6 nitrogen and oxygen atoms in total. The van der Waals surface area contributed by atoms with Crippen LogP contribution in [0, 0.1) is 0 Å². The molecule has 7 N–H and O–H groups in total. The van der Waals surface area contributed by atoms with Crippen molar-refractivity contribution < 1.29 is 60.7 Å². The van der Waals surface area contributed by atoms with E-state index in [2.05, 4.69) is 0 Å². The summed E-state index contributed by atoms with van der Waals surface area (Å²) in [6, 6.07) is 0. The third-order valence-corrected chi connectivity index (χ3v) is 0. The van der Waals surface area contributed by atoms with Crippen LogP contribution in [-0.2, 0) is 11.4 Å². The van der Waals surface area contributed by atoms with Crippen LogP contribution in [-0.4, -0.2) is 29.7 Å². The summed E-state index contributed by atoms with van der Waals surface area (Å²) in [7, 11) is 0. The smallest absolute Gasteiger partial charge is 1.00 e. The van der Waals surface area contributed by atoms with Crippen molar-refractivity contribution in [1.29, 1.82) is 0 Å². The fraction of sp³-hybridized carbons (Fsp3) is 0. The minimum atomic E-state index is -2.86. The van der Waals surface area contributed by atoms with Gasteiger partial charge in [0.25, 0.3) is 0 Å². The van der Waals surface area contributed by atoms with E-state index in [9.17, 15) is 0 Å². The van der Waals surface area contributed by atoms with Gasteiger partial charge in [0, 0.05) is 0 Å². The number of hydrogen-bond acceptors (Lipinski definition) is 2. The summed E-state index contributed by atoms with van der Waals surface area (Å²) >= 11 is -2.86. The van der Waals surface area contributed by atoms with E-state index in [4.69, 9.17) is 13.3 Å². The van der Waals surface area contributed by atoms with E-state index in [-0.39, 0.29) is 47.4 Å². The van der Waals surface area contributed by atoms with Gasteiger partial charge in [-0.15, -0.1) is 0 Å². The molecule has 8 heavy (non-hydrogen) atoms. The minimum absolute atomic E-state index is 0. The Morgan fingerprint density at radius 3 is 1.38 bits per heavy atom. The Morgan fingerprint density at radius 2 is 1.38 bits per heavy atom. The third kappa shape index (κ3) is 273. The molecule has 1 unspecified atom stereocenters. The van der Waals surface area contributed by atoms with Gasteiger partial charge in [-0.25, -0.2) is 4.21 Å². The van der Waals surface area contributed by atoms with Crippen molar-refractivity contribution in [2.24, 2.45) is 0 Å². The molecule has 0 radical (unpaired) electrons. The summed E-state index contributed by atoms with van der Waals surface area (Å²) in [4.78, 5) is 0. The van der Waals surface area contributed by atoms with Gasteiger partial charge in [0.05, 0.1) is 11.4 Å². The Bertz CT molecular complexity index is 36.0. The topological polar surface area (TPSA) is 155 Å². The van der Waals surface area contributed by atoms with Crippen LogP contribution in [0.5, 0.6) is 0 Å². The SMILES string of the molecule is O.O.O.O=S([O-])O.[H-].[Na+]. The molecular formula is H8NaO6S-. The Morgan fingerprint density at radius 1 is 1.38 bits per heavy atom. The van der Waals surface area contributed by atoms with E-state index in [0.29, 0.717) is 0 Å². The molecule has 52 valence electrons. The molecule has 0 bridgehead atoms. The molecule has 0 aromatic heterocycles. The van der Waals surface area contributed by atoms with Crippen LogP contribution < -0.4 is 29.6 Å². The van der Waals surface area contributed by atoms with Gasteiger partial charge in [0.2, 0.25) is 0 Å². The average Bonchev–Trinajstić information content (AvgIpc) is 0.811. The predicted octanol–water partition coefficient (Wildman–Crippen LogP) is -6.02. The summed E-state index contributed by atoms with van der Waals surface area (Å²) in [5.74, 6) is 0. The normalized spacial score (nSPS) is 7.75. The van der Waals surface area contributed by atoms with Gasteiger partial charge in [-0.1, -0.05) is 0 Å². The number of rotatable bonds is 0. The molecule has 0 saturated heterocycles. The zero-order chi connectivity index (χ0) is 3.58. The fourth-order valence-corrected chi connectivity index (χ4v) is 0. The fourth-order valence-electron chi connectivity index (χ4n) is 0. The minimum Gasteiger partial charge on any atom is -1.00 e. The van der Waals surface area contributed by atoms with Gasteiger partial charge >= 0.3 is 29.6 Å². The van der Waals surface area contributed by atoms with Gasteiger partial charge in [-0.2, -0.15) is 0 Å². The van der Waals surface area contributed by atoms with E-state index < -0.39 is 11.4 Å². The summed E-state index contributed by atoms with van der Waals surface area (Å²) in [6.45, 7) is 0. The second kappa shape index (κ2) is 24.6. The molecule has 0 aliphatic carbocycles. The van der Waals surface area contributed by atoms with Gasteiger partial charge in [-0.3, -0.25) is 0 Å². The van der Waals surface area contributed by atoms with Crippen molar-refractivity contribution in [2.75, 3.05) is 0 Å². The molecule has 0 aliphatic rings. The van der Waals surface area contributed by atoms with Crippen molar-refractivity contribution in [2.45, 2.75) is 0 Å². The van der Waals surface area contributed by atoms with Crippen LogP contribution in [0.3, 0.4) is 0 Å². The van der Waals surface area contributed by atoms with Crippen molar-refractivity contribution in [3.05, 3.63) is 0 Å². The van der Waals surface area contributed by atoms with Crippen molar-refractivity contribution in [3.8, 4) is 0 Å². The molecule has 0 aliphatic heterocycles. The zero-order valence-electron chi connectivity index (χ0n) is 5.17. The van der Waals surface area contributed by atoms with E-state index in [1.54, 1.807) is 0 Å². The first-order valence-electron chi connectivity index (χ1n) is 0.516. The molecule has 0 heterocycles. The summed E-state index contributed by atoms with van der Waals surface area (Å²) in [5.41, 5.74) is 0. The van der Waals surface area contributed by atoms with E-state index in [0.717, 1.165) is 0 Å². The van der Waals surface area contributed by atoms with Gasteiger partial charge in [-0.05, 0) is 0 Å². The first-order chi connectivity index (χ1) is 1.73. The maximum absolute atomic E-state index is 8.56. The van der Waals surface area contributed by atoms with Crippen LogP contribution in [0.15, 0.2) is 0 Å². The van der Waals surface area contributed by atoms with Crippen LogP contribution in [0.2, 0.25) is 0 Å². The molecule has 0 spiro atoms. The van der Waals surface area contributed by atoms with Gasteiger partial charge < -0.3 is 27.0 Å². The number of hydrogen-bond donors (Lipinski definition) is 1. The average molecular weight is 159 g/mol. The molecule has 1 atom stereocenters. The van der Waals surface area contributed by atoms with E-state index in [1.165, 1.54) is 0 Å². The van der Waals surface area contributed by atoms with E-state index >= 15 is 0 Å².